The Morgan fingerprint density at radius 3 is 2.27 bits per heavy atom. The quantitative estimate of drug-likeness (QED) is 0.208. The number of esters is 1. The van der Waals surface area contributed by atoms with E-state index in [-0.39, 0.29) is 13.0 Å². The van der Waals surface area contributed by atoms with Crippen LogP contribution in [0.25, 0.3) is 5.57 Å². The number of anilines is 3. The van der Waals surface area contributed by atoms with E-state index < -0.39 is 29.6 Å². The van der Waals surface area contributed by atoms with Crippen molar-refractivity contribution < 1.29 is 23.9 Å². The van der Waals surface area contributed by atoms with Gasteiger partial charge in [-0.3, -0.25) is 10.1 Å². The van der Waals surface area contributed by atoms with Gasteiger partial charge in [0.15, 0.2) is 0 Å². The first-order chi connectivity index (χ1) is 19.0. The van der Waals surface area contributed by atoms with Crippen molar-refractivity contribution in [1.29, 1.82) is 0 Å². The maximum Gasteiger partial charge on any atom is 0.412 e. The van der Waals surface area contributed by atoms with Crippen LogP contribution >= 0.6 is 23.2 Å². The molecule has 2 amide bonds. The third kappa shape index (κ3) is 8.00. The van der Waals surface area contributed by atoms with Crippen LogP contribution in [-0.4, -0.2) is 29.6 Å². The Labute approximate surface area is 242 Å². The van der Waals surface area contributed by atoms with Crippen LogP contribution in [0.1, 0.15) is 38.3 Å². The number of benzene rings is 3. The third-order valence-corrected chi connectivity index (χ3v) is 6.26. The molecule has 1 atom stereocenters. The summed E-state index contributed by atoms with van der Waals surface area (Å²) in [5, 5.41) is 9.32. The standard InChI is InChI=1S/C30H29Cl2N3O5/c1-30(2,3)40-29(38)34-22-11-9-21(10-12-22)33-26(36)14-19-13-25(28(37)39-17-18-7-5-4-6-8-18)35-24-16-20(31)15-23(32)27(19)24/h4-12,14-16,25,35H,13,17H2,1-3H3,(H,33,36)(H,34,38). The van der Waals surface area contributed by atoms with Crippen LogP contribution in [0.3, 0.4) is 0 Å². The lowest BCUT2D eigenvalue weighted by molar-refractivity contribution is -0.145. The SMILES string of the molecule is CC(C)(C)OC(=O)Nc1ccc(NC(=O)C=C2CC(C(=O)OCc3ccccc3)Nc3cc(Cl)cc(Cl)c32)cc1. The molecule has 0 spiro atoms. The number of ether oxygens (including phenoxy) is 2. The number of carbonyl (C=O) groups is 3. The van der Waals surface area contributed by atoms with Crippen molar-refractivity contribution in [2.75, 3.05) is 16.0 Å². The molecule has 0 aliphatic carbocycles. The minimum atomic E-state index is -0.747. The molecule has 3 aromatic rings. The van der Waals surface area contributed by atoms with Crippen LogP contribution in [0.5, 0.6) is 0 Å². The number of carbonyl (C=O) groups excluding carboxylic acids is 3. The van der Waals surface area contributed by atoms with Gasteiger partial charge in [-0.05, 0) is 68.3 Å². The van der Waals surface area contributed by atoms with Crippen LogP contribution < -0.4 is 16.0 Å². The molecule has 3 aromatic carbocycles. The van der Waals surface area contributed by atoms with Gasteiger partial charge in [0.2, 0.25) is 5.91 Å². The zero-order chi connectivity index (χ0) is 28.9. The number of hydrogen-bond donors (Lipinski definition) is 3. The first-order valence-electron chi connectivity index (χ1n) is 12.5. The van der Waals surface area contributed by atoms with Crippen molar-refractivity contribution >= 4 is 63.8 Å². The number of rotatable bonds is 6. The molecule has 0 aromatic heterocycles. The number of fused-ring (bicyclic) bond motifs is 1. The minimum absolute atomic E-state index is 0.124. The van der Waals surface area contributed by atoms with Gasteiger partial charge < -0.3 is 20.1 Å². The predicted molar refractivity (Wildman–Crippen MR) is 158 cm³/mol. The molecule has 1 aliphatic rings. The summed E-state index contributed by atoms with van der Waals surface area (Å²) in [7, 11) is 0. The average Bonchev–Trinajstić information content (AvgIpc) is 2.87. The summed E-state index contributed by atoms with van der Waals surface area (Å²) in [5.41, 5.74) is 2.93. The first kappa shape index (κ1) is 29.0. The summed E-state index contributed by atoms with van der Waals surface area (Å²) < 4.78 is 10.8. The molecular weight excluding hydrogens is 553 g/mol. The van der Waals surface area contributed by atoms with Gasteiger partial charge >= 0.3 is 12.1 Å². The van der Waals surface area contributed by atoms with E-state index in [4.69, 9.17) is 32.7 Å². The second-order valence-corrected chi connectivity index (χ2v) is 11.0. The largest absolute Gasteiger partial charge is 0.459 e. The van der Waals surface area contributed by atoms with Crippen LogP contribution in [0.4, 0.5) is 21.9 Å². The molecule has 0 saturated heterocycles. The van der Waals surface area contributed by atoms with Gasteiger partial charge in [-0.15, -0.1) is 0 Å². The summed E-state index contributed by atoms with van der Waals surface area (Å²) in [6.45, 7) is 5.45. The van der Waals surface area contributed by atoms with Gasteiger partial charge in [0.25, 0.3) is 0 Å². The maximum absolute atomic E-state index is 13.0. The Morgan fingerprint density at radius 2 is 1.62 bits per heavy atom. The Bertz CT molecular complexity index is 1430. The monoisotopic (exact) mass is 581 g/mol. The summed E-state index contributed by atoms with van der Waals surface area (Å²) in [6.07, 6.45) is 1.00. The van der Waals surface area contributed by atoms with Crippen molar-refractivity contribution in [3.63, 3.8) is 0 Å². The van der Waals surface area contributed by atoms with Crippen molar-refractivity contribution in [2.24, 2.45) is 0 Å². The van der Waals surface area contributed by atoms with Gasteiger partial charge in [-0.2, -0.15) is 0 Å². The zero-order valence-corrected chi connectivity index (χ0v) is 23.7. The van der Waals surface area contributed by atoms with E-state index in [1.54, 1.807) is 57.2 Å². The van der Waals surface area contributed by atoms with Gasteiger partial charge in [-0.1, -0.05) is 53.5 Å². The summed E-state index contributed by atoms with van der Waals surface area (Å²) in [4.78, 5) is 37.9. The van der Waals surface area contributed by atoms with Crippen molar-refractivity contribution in [1.82, 2.24) is 0 Å². The molecule has 10 heteroatoms. The Hall–Kier alpha value is -4.01. The lowest BCUT2D eigenvalue weighted by atomic mass is 9.91. The van der Waals surface area contributed by atoms with Crippen LogP contribution in [0.2, 0.25) is 10.0 Å². The number of amides is 2. The van der Waals surface area contributed by atoms with E-state index in [0.29, 0.717) is 38.2 Å². The minimum Gasteiger partial charge on any atom is -0.459 e. The van der Waals surface area contributed by atoms with E-state index in [2.05, 4.69) is 16.0 Å². The van der Waals surface area contributed by atoms with Gasteiger partial charge in [0, 0.05) is 40.1 Å². The van der Waals surface area contributed by atoms with Crippen molar-refractivity contribution in [3.8, 4) is 0 Å². The molecule has 0 bridgehead atoms. The highest BCUT2D eigenvalue weighted by Crippen LogP contribution is 2.40. The molecule has 40 heavy (non-hydrogen) atoms. The number of nitrogens with one attached hydrogen (secondary N) is 3. The fraction of sp³-hybridized carbons (Fsp3) is 0.233. The Kier molecular flexibility index (Phi) is 9.02. The zero-order valence-electron chi connectivity index (χ0n) is 22.2. The molecule has 0 fully saturated rings. The fourth-order valence-electron chi connectivity index (χ4n) is 4.07. The van der Waals surface area contributed by atoms with E-state index in [1.807, 2.05) is 30.3 Å². The molecular formula is C30H29Cl2N3O5. The molecule has 3 N–H and O–H groups in total. The summed E-state index contributed by atoms with van der Waals surface area (Å²) >= 11 is 12.7. The maximum atomic E-state index is 13.0. The molecule has 208 valence electrons. The highest BCUT2D eigenvalue weighted by atomic mass is 35.5. The molecule has 8 nitrogen and oxygen atoms in total. The van der Waals surface area contributed by atoms with Crippen LogP contribution in [-0.2, 0) is 25.7 Å². The van der Waals surface area contributed by atoms with E-state index in [1.165, 1.54) is 6.08 Å². The van der Waals surface area contributed by atoms with E-state index in [9.17, 15) is 14.4 Å². The lowest BCUT2D eigenvalue weighted by Crippen LogP contribution is -2.35. The highest BCUT2D eigenvalue weighted by Gasteiger charge is 2.30. The second-order valence-electron chi connectivity index (χ2n) is 10.2. The summed E-state index contributed by atoms with van der Waals surface area (Å²) in [6, 6.07) is 18.4. The molecule has 1 heterocycles. The first-order valence-corrected chi connectivity index (χ1v) is 13.3. The smallest absolute Gasteiger partial charge is 0.412 e. The number of hydrogen-bond acceptors (Lipinski definition) is 6. The summed E-state index contributed by atoms with van der Waals surface area (Å²) in [5.74, 6) is -0.886. The third-order valence-electron chi connectivity index (χ3n) is 5.74. The molecule has 1 unspecified atom stereocenters. The van der Waals surface area contributed by atoms with Crippen LogP contribution in [0, 0.1) is 0 Å². The predicted octanol–water partition coefficient (Wildman–Crippen LogP) is 7.29. The van der Waals surface area contributed by atoms with Crippen molar-refractivity contribution in [3.05, 3.63) is 94.0 Å². The topological polar surface area (TPSA) is 106 Å². The van der Waals surface area contributed by atoms with E-state index in [0.717, 1.165) is 5.56 Å². The van der Waals surface area contributed by atoms with Gasteiger partial charge in [-0.25, -0.2) is 9.59 Å². The van der Waals surface area contributed by atoms with Crippen LogP contribution in [0.15, 0.2) is 72.8 Å². The van der Waals surface area contributed by atoms with Gasteiger partial charge in [0.05, 0.1) is 5.02 Å². The van der Waals surface area contributed by atoms with Gasteiger partial charge in [0.1, 0.15) is 18.2 Å². The van der Waals surface area contributed by atoms with E-state index >= 15 is 0 Å². The molecule has 0 saturated carbocycles. The molecule has 4 rings (SSSR count). The fourth-order valence-corrected chi connectivity index (χ4v) is 4.69. The molecule has 1 aliphatic heterocycles. The average molecular weight is 582 g/mol. The normalized spacial score (nSPS) is 15.4. The Morgan fingerprint density at radius 1 is 0.975 bits per heavy atom. The molecule has 0 radical (unpaired) electrons. The Balaban J connectivity index is 1.47. The van der Waals surface area contributed by atoms with Crippen molar-refractivity contribution in [2.45, 2.75) is 45.4 Å². The lowest BCUT2D eigenvalue weighted by Gasteiger charge is -2.28. The highest BCUT2D eigenvalue weighted by molar-refractivity contribution is 6.36. The number of halogens is 2. The second kappa shape index (κ2) is 12.4.